The van der Waals surface area contributed by atoms with Crippen molar-refractivity contribution >= 4 is 33.7 Å². The number of hydrogen-bond acceptors (Lipinski definition) is 3. The van der Waals surface area contributed by atoms with E-state index < -0.39 is 0 Å². The fourth-order valence-corrected chi connectivity index (χ4v) is 4.33. The van der Waals surface area contributed by atoms with Gasteiger partial charge in [0.15, 0.2) is 0 Å². The first-order chi connectivity index (χ1) is 10.8. The van der Waals surface area contributed by atoms with Crippen LogP contribution in [0.2, 0.25) is 0 Å². The second-order valence-electron chi connectivity index (χ2n) is 5.15. The van der Waals surface area contributed by atoms with E-state index in [2.05, 4.69) is 39.7 Å². The maximum Gasteiger partial charge on any atom is 0.323 e. The minimum absolute atomic E-state index is 0.0105. The Morgan fingerprint density at radius 3 is 2.73 bits per heavy atom. The van der Waals surface area contributed by atoms with Crippen LogP contribution in [-0.2, 0) is 6.54 Å². The Morgan fingerprint density at radius 1 is 1.09 bits per heavy atom. The molecular weight excluding hydrogens is 314 g/mol. The average Bonchev–Trinajstić information content (AvgIpc) is 3.27. The van der Waals surface area contributed by atoms with Crippen molar-refractivity contribution < 1.29 is 4.79 Å². The third-order valence-corrected chi connectivity index (χ3v) is 5.57. The van der Waals surface area contributed by atoms with Gasteiger partial charge in [0.25, 0.3) is 0 Å². The van der Waals surface area contributed by atoms with Crippen LogP contribution in [0.25, 0.3) is 0 Å². The van der Waals surface area contributed by atoms with Crippen LogP contribution in [0.5, 0.6) is 0 Å². The van der Waals surface area contributed by atoms with Gasteiger partial charge in [0, 0.05) is 29.9 Å². The summed E-state index contributed by atoms with van der Waals surface area (Å²) in [6, 6.07) is 12.1. The van der Waals surface area contributed by atoms with Crippen molar-refractivity contribution in [3.05, 3.63) is 63.9 Å². The van der Waals surface area contributed by atoms with E-state index in [1.807, 2.05) is 28.5 Å². The molecule has 1 unspecified atom stereocenters. The summed E-state index contributed by atoms with van der Waals surface area (Å²) in [6.07, 6.45) is 2.09. The molecule has 3 aromatic rings. The van der Waals surface area contributed by atoms with Crippen molar-refractivity contribution in [1.29, 1.82) is 0 Å². The van der Waals surface area contributed by atoms with Crippen molar-refractivity contribution in [2.75, 3.05) is 11.9 Å². The molecule has 0 saturated carbocycles. The molecule has 6 heteroatoms. The molecule has 1 aliphatic heterocycles. The zero-order valence-electron chi connectivity index (χ0n) is 11.8. The van der Waals surface area contributed by atoms with Gasteiger partial charge in [0.1, 0.15) is 6.04 Å². The number of carbonyl (C=O) groups is 1. The number of nitrogens with zero attached hydrogens (tertiary/aromatic N) is 2. The van der Waals surface area contributed by atoms with Crippen molar-refractivity contribution in [3.8, 4) is 0 Å². The average molecular weight is 329 g/mol. The van der Waals surface area contributed by atoms with Crippen molar-refractivity contribution in [3.63, 3.8) is 0 Å². The van der Waals surface area contributed by atoms with Crippen LogP contribution in [0, 0.1) is 0 Å². The standard InChI is InChI=1S/C16H15N3OS2/c20-16(17-14-6-3-11-22-14)19-9-8-18-7-1-4-12(18)15(19)13-5-2-10-21-13/h1-7,10-11,15H,8-9H2,(H,17,20). The molecule has 22 heavy (non-hydrogen) atoms. The highest BCUT2D eigenvalue weighted by molar-refractivity contribution is 7.14. The third-order valence-electron chi connectivity index (χ3n) is 3.86. The molecule has 4 nitrogen and oxygen atoms in total. The van der Waals surface area contributed by atoms with E-state index >= 15 is 0 Å². The third kappa shape index (κ3) is 2.34. The molecule has 0 spiro atoms. The largest absolute Gasteiger partial charge is 0.347 e. The van der Waals surface area contributed by atoms with E-state index in [-0.39, 0.29) is 12.1 Å². The first-order valence-electron chi connectivity index (χ1n) is 7.12. The topological polar surface area (TPSA) is 37.3 Å². The van der Waals surface area contributed by atoms with Gasteiger partial charge in [-0.05, 0) is 41.1 Å². The monoisotopic (exact) mass is 329 g/mol. The summed E-state index contributed by atoms with van der Waals surface area (Å²) in [5.41, 5.74) is 1.18. The second kappa shape index (κ2) is 5.62. The van der Waals surface area contributed by atoms with Crippen molar-refractivity contribution in [1.82, 2.24) is 9.47 Å². The summed E-state index contributed by atoms with van der Waals surface area (Å²) in [6.45, 7) is 1.55. The van der Waals surface area contributed by atoms with Gasteiger partial charge in [-0.25, -0.2) is 4.79 Å². The van der Waals surface area contributed by atoms with Crippen molar-refractivity contribution in [2.45, 2.75) is 12.6 Å². The number of carbonyl (C=O) groups excluding carboxylic acids is 1. The number of amides is 2. The lowest BCUT2D eigenvalue weighted by Crippen LogP contribution is -2.44. The highest BCUT2D eigenvalue weighted by Crippen LogP contribution is 2.35. The summed E-state index contributed by atoms with van der Waals surface area (Å²) in [7, 11) is 0. The minimum Gasteiger partial charge on any atom is -0.347 e. The zero-order chi connectivity index (χ0) is 14.9. The zero-order valence-corrected chi connectivity index (χ0v) is 13.4. The quantitative estimate of drug-likeness (QED) is 0.750. The van der Waals surface area contributed by atoms with Gasteiger partial charge in [-0.3, -0.25) is 5.32 Å². The lowest BCUT2D eigenvalue weighted by Gasteiger charge is -2.36. The molecule has 0 aromatic carbocycles. The van der Waals surface area contributed by atoms with Crippen LogP contribution in [0.15, 0.2) is 53.4 Å². The summed E-state index contributed by atoms with van der Waals surface area (Å²) in [5.74, 6) is 0. The van der Waals surface area contributed by atoms with Crippen molar-refractivity contribution in [2.24, 2.45) is 0 Å². The van der Waals surface area contributed by atoms with Gasteiger partial charge in [-0.1, -0.05) is 6.07 Å². The van der Waals surface area contributed by atoms with E-state index in [9.17, 15) is 4.79 Å². The van der Waals surface area contributed by atoms with Gasteiger partial charge in [-0.2, -0.15) is 0 Å². The van der Waals surface area contributed by atoms with Crippen LogP contribution in [0.4, 0.5) is 9.80 Å². The molecular formula is C16H15N3OS2. The van der Waals surface area contributed by atoms with E-state index in [1.54, 1.807) is 22.7 Å². The molecule has 0 aliphatic carbocycles. The first-order valence-corrected chi connectivity index (χ1v) is 8.88. The van der Waals surface area contributed by atoms with E-state index in [1.165, 1.54) is 10.6 Å². The van der Waals surface area contributed by atoms with Gasteiger partial charge in [-0.15, -0.1) is 22.7 Å². The molecule has 1 aliphatic rings. The smallest absolute Gasteiger partial charge is 0.323 e. The fourth-order valence-electron chi connectivity index (χ4n) is 2.88. The summed E-state index contributed by atoms with van der Waals surface area (Å²) in [5, 5.41) is 7.92. The fraction of sp³-hybridized carbons (Fsp3) is 0.188. The highest BCUT2D eigenvalue weighted by Gasteiger charge is 2.32. The summed E-state index contributed by atoms with van der Waals surface area (Å²) >= 11 is 3.23. The number of rotatable bonds is 2. The number of nitrogens with one attached hydrogen (secondary N) is 1. The molecule has 4 rings (SSSR count). The molecule has 0 bridgehead atoms. The molecule has 0 fully saturated rings. The molecule has 0 radical (unpaired) electrons. The van der Waals surface area contributed by atoms with E-state index in [4.69, 9.17) is 0 Å². The molecule has 1 atom stereocenters. The lowest BCUT2D eigenvalue weighted by atomic mass is 10.1. The second-order valence-corrected chi connectivity index (χ2v) is 7.07. The lowest BCUT2D eigenvalue weighted by molar-refractivity contribution is 0.183. The molecule has 0 saturated heterocycles. The van der Waals surface area contributed by atoms with Gasteiger partial charge >= 0.3 is 6.03 Å². The van der Waals surface area contributed by atoms with Crippen LogP contribution in [-0.4, -0.2) is 22.0 Å². The Kier molecular flexibility index (Phi) is 3.48. The number of urea groups is 1. The number of anilines is 1. The minimum atomic E-state index is -0.0340. The number of fused-ring (bicyclic) bond motifs is 1. The Bertz CT molecular complexity index is 761. The van der Waals surface area contributed by atoms with Crippen LogP contribution in [0.1, 0.15) is 16.6 Å². The molecule has 4 heterocycles. The SMILES string of the molecule is O=C(Nc1cccs1)N1CCn2cccc2C1c1cccs1. The van der Waals surface area contributed by atoms with Gasteiger partial charge in [0.05, 0.1) is 5.00 Å². The molecule has 112 valence electrons. The van der Waals surface area contributed by atoms with Crippen LogP contribution in [0.3, 0.4) is 0 Å². The number of hydrogen-bond donors (Lipinski definition) is 1. The maximum atomic E-state index is 12.7. The van der Waals surface area contributed by atoms with Crippen LogP contribution >= 0.6 is 22.7 Å². The number of thiophene rings is 2. The van der Waals surface area contributed by atoms with E-state index in [0.717, 1.165) is 11.5 Å². The summed E-state index contributed by atoms with van der Waals surface area (Å²) in [4.78, 5) is 15.8. The Morgan fingerprint density at radius 2 is 1.95 bits per heavy atom. The molecule has 3 aromatic heterocycles. The normalized spacial score (nSPS) is 17.3. The Labute approximate surface area is 136 Å². The predicted molar refractivity (Wildman–Crippen MR) is 90.6 cm³/mol. The number of aromatic nitrogens is 1. The Hall–Kier alpha value is -2.05. The summed E-state index contributed by atoms with van der Waals surface area (Å²) < 4.78 is 2.24. The molecule has 2 amide bonds. The van der Waals surface area contributed by atoms with Crippen LogP contribution < -0.4 is 5.32 Å². The highest BCUT2D eigenvalue weighted by atomic mass is 32.1. The maximum absolute atomic E-state index is 12.7. The first kappa shape index (κ1) is 13.6. The predicted octanol–water partition coefficient (Wildman–Crippen LogP) is 4.25. The van der Waals surface area contributed by atoms with E-state index in [0.29, 0.717) is 6.54 Å². The Balaban J connectivity index is 1.67. The van der Waals surface area contributed by atoms with Gasteiger partial charge < -0.3 is 9.47 Å². The molecule has 1 N–H and O–H groups in total. The van der Waals surface area contributed by atoms with Gasteiger partial charge in [0.2, 0.25) is 0 Å².